The molecule has 0 amide bonds. The van der Waals surface area contributed by atoms with Crippen LogP contribution >= 0.6 is 18.1 Å². The van der Waals surface area contributed by atoms with Crippen molar-refractivity contribution in [1.29, 1.82) is 0 Å². The Balaban J connectivity index is 1.87. The molecule has 2 atom stereocenters. The molecule has 0 bridgehead atoms. The van der Waals surface area contributed by atoms with Gasteiger partial charge in [0.2, 0.25) is 0 Å². The first-order valence-corrected chi connectivity index (χ1v) is 9.97. The third-order valence-electron chi connectivity index (χ3n) is 5.85. The molecule has 0 aromatic heterocycles. The minimum absolute atomic E-state index is 0.0149. The molecule has 23 heavy (non-hydrogen) atoms. The summed E-state index contributed by atoms with van der Waals surface area (Å²) in [5.74, 6) is 0. The first-order valence-electron chi connectivity index (χ1n) is 8.89. The van der Waals surface area contributed by atoms with Crippen LogP contribution < -0.4 is 5.30 Å². The summed E-state index contributed by atoms with van der Waals surface area (Å²) in [7, 11) is 6.34. The third-order valence-corrected chi connectivity index (χ3v) is 6.66. The van der Waals surface area contributed by atoms with Crippen molar-refractivity contribution in [1.82, 2.24) is 4.90 Å². The number of benzene rings is 1. The van der Waals surface area contributed by atoms with Gasteiger partial charge >= 0.3 is 0 Å². The van der Waals surface area contributed by atoms with Crippen molar-refractivity contribution in [2.45, 2.75) is 57.9 Å². The number of aliphatic hydroxyl groups excluding tert-OH is 1. The van der Waals surface area contributed by atoms with Crippen LogP contribution in [0.4, 0.5) is 0 Å². The fourth-order valence-corrected chi connectivity index (χ4v) is 4.90. The summed E-state index contributed by atoms with van der Waals surface area (Å²) in [5, 5.41) is 11.6. The van der Waals surface area contributed by atoms with Gasteiger partial charge in [0, 0.05) is 0 Å². The molecule has 0 spiro atoms. The van der Waals surface area contributed by atoms with Crippen LogP contribution in [0, 0.1) is 5.41 Å². The molecule has 0 radical (unpaired) electrons. The normalized spacial score (nSPS) is 21.9. The monoisotopic (exact) mass is 349 g/mol. The molecule has 126 valence electrons. The van der Waals surface area contributed by atoms with Crippen molar-refractivity contribution in [2.75, 3.05) is 13.1 Å². The number of aliphatic hydroxyl groups is 1. The van der Waals surface area contributed by atoms with Crippen molar-refractivity contribution in [3.63, 3.8) is 0 Å². The Morgan fingerprint density at radius 3 is 2.57 bits per heavy atom. The van der Waals surface area contributed by atoms with Crippen LogP contribution in [0.25, 0.3) is 0 Å². The predicted octanol–water partition coefficient (Wildman–Crippen LogP) is 4.09. The predicted molar refractivity (Wildman–Crippen MR) is 105 cm³/mol. The summed E-state index contributed by atoms with van der Waals surface area (Å²) in [5.41, 5.74) is 3.56. The zero-order valence-electron chi connectivity index (χ0n) is 14.1. The number of hydrogen-bond donors (Lipinski definition) is 1. The molecule has 1 heterocycles. The average molecular weight is 349 g/mol. The van der Waals surface area contributed by atoms with Crippen LogP contribution in [-0.2, 0) is 6.42 Å². The minimum Gasteiger partial charge on any atom is -0.359 e. The van der Waals surface area contributed by atoms with Crippen LogP contribution in [0.1, 0.15) is 62.6 Å². The maximum absolute atomic E-state index is 10.3. The highest BCUT2D eigenvalue weighted by Crippen LogP contribution is 2.44. The summed E-state index contributed by atoms with van der Waals surface area (Å²) in [6, 6.07) is 6.48. The molecule has 1 aromatic carbocycles. The highest BCUT2D eigenvalue weighted by atomic mass is 31.0. The molecule has 1 saturated heterocycles. The first kappa shape index (κ1) is 17.6. The number of rotatable bonds is 6. The Morgan fingerprint density at radius 2 is 2.00 bits per heavy atom. The van der Waals surface area contributed by atoms with Crippen molar-refractivity contribution in [2.24, 2.45) is 5.41 Å². The molecule has 2 fully saturated rings. The molecule has 1 aromatic rings. The lowest BCUT2D eigenvalue weighted by atomic mass is 9.67. The second-order valence-electron chi connectivity index (χ2n) is 7.61. The Morgan fingerprint density at radius 1 is 1.30 bits per heavy atom. The first-order chi connectivity index (χ1) is 11.0. The second-order valence-corrected chi connectivity index (χ2v) is 8.74. The van der Waals surface area contributed by atoms with E-state index in [9.17, 15) is 5.11 Å². The lowest BCUT2D eigenvalue weighted by Gasteiger charge is -2.39. The molecule has 3 rings (SSSR count). The Bertz CT molecular complexity index is 577. The third kappa shape index (κ3) is 3.88. The summed E-state index contributed by atoms with van der Waals surface area (Å²) < 4.78 is 0. The van der Waals surface area contributed by atoms with Crippen molar-refractivity contribution < 1.29 is 5.11 Å². The molecule has 4 heteroatoms. The van der Waals surface area contributed by atoms with E-state index >= 15 is 0 Å². The lowest BCUT2D eigenvalue weighted by Crippen LogP contribution is -2.33. The van der Waals surface area contributed by atoms with Gasteiger partial charge in [-0.25, -0.2) is 0 Å². The standard InChI is InChI=1S/C19H29NOP2/c1-19(9-5-10-19)11-8-14-15(6-4-7-16(14)22)17(18(21)23)20-12-2-3-13-20/h4,6-7,17,21,23H,2-3,5,8-13,22H2,1H3. The van der Waals surface area contributed by atoms with Gasteiger partial charge in [-0.15, -0.1) is 9.24 Å². The fraction of sp³-hybridized carbons (Fsp3) is 0.632. The van der Waals surface area contributed by atoms with E-state index in [4.69, 9.17) is 0 Å². The highest BCUT2D eigenvalue weighted by molar-refractivity contribution is 7.27. The topological polar surface area (TPSA) is 23.5 Å². The average Bonchev–Trinajstić information content (AvgIpc) is 2.98. The second kappa shape index (κ2) is 7.32. The van der Waals surface area contributed by atoms with Crippen LogP contribution in [-0.4, -0.2) is 28.6 Å². The molecular formula is C19H29NOP2. The van der Waals surface area contributed by atoms with Gasteiger partial charge in [0.1, 0.15) is 0 Å². The van der Waals surface area contributed by atoms with E-state index in [1.165, 1.54) is 55.0 Å². The lowest BCUT2D eigenvalue weighted by molar-refractivity contribution is 0.147. The van der Waals surface area contributed by atoms with Gasteiger partial charge in [-0.3, -0.25) is 4.90 Å². The van der Waals surface area contributed by atoms with Gasteiger partial charge in [0.05, 0.1) is 11.5 Å². The Labute approximate surface area is 145 Å². The largest absolute Gasteiger partial charge is 0.359 e. The van der Waals surface area contributed by atoms with Gasteiger partial charge in [0.15, 0.2) is 0 Å². The summed E-state index contributed by atoms with van der Waals surface area (Å²) in [4.78, 5) is 2.40. The van der Waals surface area contributed by atoms with Crippen LogP contribution in [0.15, 0.2) is 18.2 Å². The summed E-state index contributed by atoms with van der Waals surface area (Å²) in [6.07, 6.45) is 8.93. The Hall–Kier alpha value is -0.260. The SMILES string of the molecule is CC1(CCc2c(P)cccc2C(C(O)=P)N2CCCC2)CCC1. The zero-order valence-corrected chi connectivity index (χ0v) is 16.3. The minimum atomic E-state index is -0.0149. The van der Waals surface area contributed by atoms with Gasteiger partial charge in [-0.1, -0.05) is 40.4 Å². The molecule has 1 N–H and O–H groups in total. The molecule has 2 aliphatic rings. The number of likely N-dealkylation sites (tertiary alicyclic amines) is 1. The van der Waals surface area contributed by atoms with Crippen LogP contribution in [0.2, 0.25) is 0 Å². The molecule has 1 aliphatic heterocycles. The molecule has 2 nitrogen and oxygen atoms in total. The van der Waals surface area contributed by atoms with E-state index < -0.39 is 0 Å². The van der Waals surface area contributed by atoms with E-state index in [-0.39, 0.29) is 6.04 Å². The highest BCUT2D eigenvalue weighted by Gasteiger charge is 2.33. The zero-order chi connectivity index (χ0) is 16.4. The fourth-order valence-electron chi connectivity index (χ4n) is 4.14. The Kier molecular flexibility index (Phi) is 5.59. The van der Waals surface area contributed by atoms with Gasteiger partial charge in [0.25, 0.3) is 0 Å². The maximum atomic E-state index is 10.3. The smallest absolute Gasteiger partial charge is 0.0893 e. The van der Waals surface area contributed by atoms with Crippen LogP contribution in [0.3, 0.4) is 0 Å². The molecule has 1 aliphatic carbocycles. The summed E-state index contributed by atoms with van der Waals surface area (Å²) >= 11 is 0. The van der Waals surface area contributed by atoms with Gasteiger partial charge in [-0.05, 0) is 73.5 Å². The van der Waals surface area contributed by atoms with Crippen molar-refractivity contribution >= 4 is 28.9 Å². The van der Waals surface area contributed by atoms with Gasteiger partial charge in [-0.2, -0.15) is 0 Å². The quantitative estimate of drug-likeness (QED) is 0.782. The molecule has 1 saturated carbocycles. The maximum Gasteiger partial charge on any atom is 0.0893 e. The van der Waals surface area contributed by atoms with Gasteiger partial charge < -0.3 is 5.11 Å². The van der Waals surface area contributed by atoms with Crippen molar-refractivity contribution in [3.05, 3.63) is 29.3 Å². The number of nitrogens with zero attached hydrogens (tertiary/aromatic N) is 1. The summed E-state index contributed by atoms with van der Waals surface area (Å²) in [6.45, 7) is 4.56. The van der Waals surface area contributed by atoms with E-state index in [1.807, 2.05) is 0 Å². The van der Waals surface area contributed by atoms with Crippen LogP contribution in [0.5, 0.6) is 0 Å². The molecular weight excluding hydrogens is 320 g/mol. The van der Waals surface area contributed by atoms with E-state index in [2.05, 4.69) is 48.1 Å². The van der Waals surface area contributed by atoms with E-state index in [1.54, 1.807) is 0 Å². The van der Waals surface area contributed by atoms with E-state index in [0.717, 1.165) is 19.5 Å². The van der Waals surface area contributed by atoms with Crippen molar-refractivity contribution in [3.8, 4) is 0 Å². The van der Waals surface area contributed by atoms with E-state index in [0.29, 0.717) is 10.9 Å². The molecule has 2 unspecified atom stereocenters. The number of hydrogen-bond acceptors (Lipinski definition) is 1.